The summed E-state index contributed by atoms with van der Waals surface area (Å²) < 4.78 is 11.6. The maximum absolute atomic E-state index is 12.8. The number of hydrogen-bond acceptors (Lipinski definition) is 4. The summed E-state index contributed by atoms with van der Waals surface area (Å²) in [6.45, 7) is 5.93. The third kappa shape index (κ3) is 4.25. The van der Waals surface area contributed by atoms with Gasteiger partial charge in [-0.3, -0.25) is 0 Å². The van der Waals surface area contributed by atoms with Crippen LogP contribution in [-0.2, 0) is 4.74 Å². The molecule has 1 aliphatic heterocycles. The van der Waals surface area contributed by atoms with Crippen molar-refractivity contribution in [2.24, 2.45) is 0 Å². The van der Waals surface area contributed by atoms with Gasteiger partial charge in [0.05, 0.1) is 11.0 Å². The number of aromatic nitrogens is 1. The largest absolute Gasteiger partial charge is 0.485 e. The molecule has 156 valence electrons. The van der Waals surface area contributed by atoms with E-state index in [1.807, 2.05) is 36.4 Å². The molecular weight excluding hydrogens is 376 g/mol. The van der Waals surface area contributed by atoms with Crippen molar-refractivity contribution in [3.63, 3.8) is 0 Å². The van der Waals surface area contributed by atoms with E-state index in [1.165, 1.54) is 0 Å². The Morgan fingerprint density at radius 2 is 1.83 bits per heavy atom. The molecule has 0 aliphatic carbocycles. The number of carbonyl (C=O) groups is 1. The second-order valence-electron chi connectivity index (χ2n) is 7.69. The van der Waals surface area contributed by atoms with E-state index >= 15 is 0 Å². The monoisotopic (exact) mass is 404 g/mol. The number of unbranched alkanes of at least 4 members (excludes halogenated alkanes) is 2. The van der Waals surface area contributed by atoms with Gasteiger partial charge in [-0.15, -0.1) is 0 Å². The molecule has 1 aromatic heterocycles. The first-order chi connectivity index (χ1) is 14.7. The Hall–Kier alpha value is -3.08. The van der Waals surface area contributed by atoms with Gasteiger partial charge in [-0.25, -0.2) is 9.78 Å². The smallest absolute Gasteiger partial charge is 0.415 e. The van der Waals surface area contributed by atoms with Crippen molar-refractivity contribution < 1.29 is 14.3 Å². The fourth-order valence-corrected chi connectivity index (χ4v) is 3.69. The van der Waals surface area contributed by atoms with Crippen LogP contribution in [0, 0.1) is 0 Å². The van der Waals surface area contributed by atoms with E-state index in [0.29, 0.717) is 5.76 Å². The molecule has 0 unspecified atom stereocenters. The standard InChI is InChI=1S/C25H28N2O3/c1-3-5-13-27(14-6-4-2)25(28)30-20-16-21-23(29-17-20)12-11-19-15-18-9-7-8-10-22(18)26-24(19)21/h7-12,15-16H,3-6,13-14,17H2,1-2H3. The fourth-order valence-electron chi connectivity index (χ4n) is 3.69. The average molecular weight is 405 g/mol. The molecule has 1 aliphatic rings. The highest BCUT2D eigenvalue weighted by molar-refractivity contribution is 5.98. The third-order valence-electron chi connectivity index (χ3n) is 5.40. The lowest BCUT2D eigenvalue weighted by molar-refractivity contribution is 0.117. The van der Waals surface area contributed by atoms with Gasteiger partial charge in [0.1, 0.15) is 18.1 Å². The quantitative estimate of drug-likeness (QED) is 0.443. The van der Waals surface area contributed by atoms with Crippen LogP contribution in [0.4, 0.5) is 4.79 Å². The van der Waals surface area contributed by atoms with Crippen LogP contribution >= 0.6 is 0 Å². The molecule has 2 aromatic carbocycles. The molecule has 2 heterocycles. The highest BCUT2D eigenvalue weighted by Gasteiger charge is 2.21. The summed E-state index contributed by atoms with van der Waals surface area (Å²) in [5.74, 6) is 1.28. The molecule has 1 amide bonds. The first-order valence-electron chi connectivity index (χ1n) is 10.8. The van der Waals surface area contributed by atoms with Gasteiger partial charge in [-0.2, -0.15) is 0 Å². The number of fused-ring (bicyclic) bond motifs is 4. The highest BCUT2D eigenvalue weighted by atomic mass is 16.6. The van der Waals surface area contributed by atoms with Crippen molar-refractivity contribution in [1.82, 2.24) is 9.88 Å². The lowest BCUT2D eigenvalue weighted by Gasteiger charge is -2.24. The van der Waals surface area contributed by atoms with Crippen LogP contribution in [0.5, 0.6) is 5.75 Å². The zero-order chi connectivity index (χ0) is 20.9. The first-order valence-corrected chi connectivity index (χ1v) is 10.8. The van der Waals surface area contributed by atoms with Crippen LogP contribution in [0.25, 0.3) is 27.9 Å². The van der Waals surface area contributed by atoms with E-state index in [2.05, 4.69) is 26.0 Å². The van der Waals surface area contributed by atoms with Crippen LogP contribution in [0.1, 0.15) is 45.1 Å². The highest BCUT2D eigenvalue weighted by Crippen LogP contribution is 2.34. The molecule has 0 atom stereocenters. The zero-order valence-corrected chi connectivity index (χ0v) is 17.7. The molecule has 30 heavy (non-hydrogen) atoms. The minimum absolute atomic E-state index is 0.243. The van der Waals surface area contributed by atoms with E-state index in [-0.39, 0.29) is 12.7 Å². The lowest BCUT2D eigenvalue weighted by atomic mass is 10.0. The minimum Gasteiger partial charge on any atom is -0.485 e. The molecule has 4 rings (SSSR count). The number of para-hydroxylation sites is 1. The topological polar surface area (TPSA) is 51.7 Å². The van der Waals surface area contributed by atoms with Crippen molar-refractivity contribution in [1.29, 1.82) is 0 Å². The van der Waals surface area contributed by atoms with Crippen molar-refractivity contribution in [2.75, 3.05) is 19.7 Å². The van der Waals surface area contributed by atoms with Crippen LogP contribution in [-0.4, -0.2) is 35.7 Å². The molecule has 0 radical (unpaired) electrons. The van der Waals surface area contributed by atoms with Gasteiger partial charge in [0.15, 0.2) is 0 Å². The molecule has 0 spiro atoms. The van der Waals surface area contributed by atoms with E-state index in [1.54, 1.807) is 4.90 Å². The zero-order valence-electron chi connectivity index (χ0n) is 17.7. The van der Waals surface area contributed by atoms with E-state index in [0.717, 1.165) is 71.9 Å². The lowest BCUT2D eigenvalue weighted by Crippen LogP contribution is -2.34. The summed E-state index contributed by atoms with van der Waals surface area (Å²) in [5.41, 5.74) is 2.65. The fraction of sp³-hybridized carbons (Fsp3) is 0.360. The second kappa shape index (κ2) is 9.16. The summed E-state index contributed by atoms with van der Waals surface area (Å²) in [6.07, 6.45) is 5.63. The predicted octanol–water partition coefficient (Wildman–Crippen LogP) is 6.16. The van der Waals surface area contributed by atoms with Crippen LogP contribution in [0.15, 0.2) is 48.2 Å². The number of ether oxygens (including phenoxy) is 2. The van der Waals surface area contributed by atoms with Crippen molar-refractivity contribution in [3.05, 3.63) is 53.8 Å². The normalized spacial score (nSPS) is 12.9. The van der Waals surface area contributed by atoms with Gasteiger partial charge in [-0.05, 0) is 43.2 Å². The Kier molecular flexibility index (Phi) is 6.17. The summed E-state index contributed by atoms with van der Waals surface area (Å²) in [7, 11) is 0. The third-order valence-corrected chi connectivity index (χ3v) is 5.40. The number of pyridine rings is 1. The molecular formula is C25H28N2O3. The van der Waals surface area contributed by atoms with E-state index < -0.39 is 0 Å². The minimum atomic E-state index is -0.297. The van der Waals surface area contributed by atoms with Crippen molar-refractivity contribution in [3.8, 4) is 5.75 Å². The molecule has 0 bridgehead atoms. The number of carbonyl (C=O) groups excluding carboxylic acids is 1. The van der Waals surface area contributed by atoms with Crippen molar-refractivity contribution in [2.45, 2.75) is 39.5 Å². The van der Waals surface area contributed by atoms with Crippen LogP contribution < -0.4 is 4.74 Å². The number of nitrogens with zero attached hydrogens (tertiary/aromatic N) is 2. The maximum Gasteiger partial charge on any atom is 0.415 e. The Balaban J connectivity index is 1.63. The number of hydrogen-bond donors (Lipinski definition) is 0. The van der Waals surface area contributed by atoms with Gasteiger partial charge < -0.3 is 14.4 Å². The molecule has 5 nitrogen and oxygen atoms in total. The molecule has 0 saturated heterocycles. The van der Waals surface area contributed by atoms with E-state index in [4.69, 9.17) is 14.5 Å². The van der Waals surface area contributed by atoms with Crippen LogP contribution in [0.2, 0.25) is 0 Å². The van der Waals surface area contributed by atoms with Gasteiger partial charge in [0.25, 0.3) is 0 Å². The Bertz CT molecular complexity index is 1080. The Morgan fingerprint density at radius 3 is 2.60 bits per heavy atom. The summed E-state index contributed by atoms with van der Waals surface area (Å²) in [6, 6.07) is 14.2. The van der Waals surface area contributed by atoms with Gasteiger partial charge >= 0.3 is 6.09 Å². The van der Waals surface area contributed by atoms with Crippen LogP contribution in [0.3, 0.4) is 0 Å². The number of amides is 1. The first kappa shape index (κ1) is 20.2. The Morgan fingerprint density at radius 1 is 1.07 bits per heavy atom. The van der Waals surface area contributed by atoms with Gasteiger partial charge in [-0.1, -0.05) is 44.9 Å². The molecule has 0 saturated carbocycles. The molecule has 5 heteroatoms. The number of benzene rings is 2. The summed E-state index contributed by atoms with van der Waals surface area (Å²) >= 11 is 0. The number of rotatable bonds is 7. The van der Waals surface area contributed by atoms with Gasteiger partial charge in [0.2, 0.25) is 0 Å². The SMILES string of the molecule is CCCCN(CCCC)C(=O)OC1=Cc2c(ccc3cc4ccccc4nc23)OC1. The van der Waals surface area contributed by atoms with Gasteiger partial charge in [0, 0.05) is 29.4 Å². The summed E-state index contributed by atoms with van der Waals surface area (Å²) in [5, 5.41) is 2.13. The molecule has 0 fully saturated rings. The van der Waals surface area contributed by atoms with E-state index in [9.17, 15) is 4.79 Å². The predicted molar refractivity (Wildman–Crippen MR) is 121 cm³/mol. The Labute approximate surface area is 177 Å². The second-order valence-corrected chi connectivity index (χ2v) is 7.69. The molecule has 0 N–H and O–H groups in total. The average Bonchev–Trinajstić information content (AvgIpc) is 2.77. The summed E-state index contributed by atoms with van der Waals surface area (Å²) in [4.78, 5) is 19.4. The van der Waals surface area contributed by atoms with Crippen molar-refractivity contribution >= 4 is 34.0 Å². The molecule has 3 aromatic rings. The maximum atomic E-state index is 12.8.